The normalized spacial score (nSPS) is 17.1. The first-order valence-electron chi connectivity index (χ1n) is 9.97. The van der Waals surface area contributed by atoms with Crippen molar-refractivity contribution in [1.82, 2.24) is 10.9 Å². The van der Waals surface area contributed by atoms with E-state index in [4.69, 9.17) is 14.2 Å². The van der Waals surface area contributed by atoms with E-state index in [1.807, 2.05) is 13.8 Å². The Morgan fingerprint density at radius 2 is 1.81 bits per heavy atom. The van der Waals surface area contributed by atoms with Crippen LogP contribution in [0.15, 0.2) is 42.5 Å². The van der Waals surface area contributed by atoms with E-state index in [9.17, 15) is 14.4 Å². The van der Waals surface area contributed by atoms with Crippen molar-refractivity contribution in [3.8, 4) is 17.2 Å². The van der Waals surface area contributed by atoms with E-state index in [0.29, 0.717) is 28.5 Å². The molecule has 1 atom stereocenters. The lowest BCUT2D eigenvalue weighted by Gasteiger charge is -2.17. The van der Waals surface area contributed by atoms with Gasteiger partial charge in [0.2, 0.25) is 18.6 Å². The highest BCUT2D eigenvalue weighted by Crippen LogP contribution is 2.37. The van der Waals surface area contributed by atoms with Gasteiger partial charge in [0.1, 0.15) is 5.75 Å². The summed E-state index contributed by atoms with van der Waals surface area (Å²) in [4.78, 5) is 38.7. The fourth-order valence-corrected chi connectivity index (χ4v) is 3.44. The Kier molecular flexibility index (Phi) is 5.66. The molecule has 162 valence electrons. The minimum Gasteiger partial charge on any atom is -0.491 e. The van der Waals surface area contributed by atoms with Crippen LogP contribution >= 0.6 is 0 Å². The maximum absolute atomic E-state index is 12.5. The summed E-state index contributed by atoms with van der Waals surface area (Å²) in [6.45, 7) is 4.18. The summed E-state index contributed by atoms with van der Waals surface area (Å²) in [5, 5.41) is 0. The van der Waals surface area contributed by atoms with Crippen molar-refractivity contribution in [2.75, 3.05) is 18.2 Å². The van der Waals surface area contributed by atoms with E-state index in [1.54, 1.807) is 42.5 Å². The maximum atomic E-state index is 12.5. The van der Waals surface area contributed by atoms with E-state index >= 15 is 0 Å². The third kappa shape index (κ3) is 4.55. The lowest BCUT2D eigenvalue weighted by molar-refractivity contribution is -0.126. The van der Waals surface area contributed by atoms with Gasteiger partial charge < -0.3 is 19.1 Å². The predicted molar refractivity (Wildman–Crippen MR) is 111 cm³/mol. The number of fused-ring (bicyclic) bond motifs is 1. The topological polar surface area (TPSA) is 106 Å². The standard InChI is InChI=1S/C22H23N3O6/c1-13(2)31-17-6-3-14(4-7-17)21(27)23-24-22(28)15-9-20(26)25(11-15)16-5-8-18-19(10-16)30-12-29-18/h3-8,10,13,15H,9,11-12H2,1-2H3,(H,23,27)(H,24,28)/t15-/m1/s1. The first-order chi connectivity index (χ1) is 14.9. The number of carbonyl (C=O) groups excluding carboxylic acids is 3. The van der Waals surface area contributed by atoms with Gasteiger partial charge in [-0.05, 0) is 50.2 Å². The molecule has 0 radical (unpaired) electrons. The molecule has 0 aliphatic carbocycles. The molecule has 3 amide bonds. The Morgan fingerprint density at radius 3 is 2.55 bits per heavy atom. The molecule has 0 bridgehead atoms. The molecule has 2 heterocycles. The molecule has 0 aromatic heterocycles. The van der Waals surface area contributed by atoms with Crippen molar-refractivity contribution in [3.05, 3.63) is 48.0 Å². The van der Waals surface area contributed by atoms with Crippen LogP contribution in [0, 0.1) is 5.92 Å². The van der Waals surface area contributed by atoms with Gasteiger partial charge in [0.05, 0.1) is 12.0 Å². The number of amides is 3. The Bertz CT molecular complexity index is 1000. The van der Waals surface area contributed by atoms with Crippen LogP contribution in [0.2, 0.25) is 0 Å². The minimum atomic E-state index is -0.583. The molecule has 0 saturated carbocycles. The highest BCUT2D eigenvalue weighted by atomic mass is 16.7. The molecule has 1 fully saturated rings. The molecule has 31 heavy (non-hydrogen) atoms. The Hall–Kier alpha value is -3.75. The third-order valence-electron chi connectivity index (χ3n) is 4.95. The van der Waals surface area contributed by atoms with Crippen molar-refractivity contribution in [1.29, 1.82) is 0 Å². The van der Waals surface area contributed by atoms with Gasteiger partial charge in [-0.2, -0.15) is 0 Å². The number of carbonyl (C=O) groups is 3. The number of ether oxygens (including phenoxy) is 3. The van der Waals surface area contributed by atoms with Crippen LogP contribution in [0.1, 0.15) is 30.6 Å². The monoisotopic (exact) mass is 425 g/mol. The lowest BCUT2D eigenvalue weighted by atomic mass is 10.1. The second-order valence-corrected chi connectivity index (χ2v) is 7.58. The Balaban J connectivity index is 1.32. The largest absolute Gasteiger partial charge is 0.491 e. The van der Waals surface area contributed by atoms with Gasteiger partial charge in [-0.3, -0.25) is 25.2 Å². The van der Waals surface area contributed by atoms with Crippen LogP contribution in [0.4, 0.5) is 5.69 Å². The molecule has 1 saturated heterocycles. The maximum Gasteiger partial charge on any atom is 0.269 e. The summed E-state index contributed by atoms with van der Waals surface area (Å²) in [7, 11) is 0. The van der Waals surface area contributed by atoms with Crippen LogP contribution in [0.3, 0.4) is 0 Å². The lowest BCUT2D eigenvalue weighted by Crippen LogP contribution is -2.45. The molecule has 2 aliphatic heterocycles. The molecule has 4 rings (SSSR count). The van der Waals surface area contributed by atoms with Gasteiger partial charge in [0.25, 0.3) is 5.91 Å². The molecule has 2 aromatic rings. The zero-order valence-corrected chi connectivity index (χ0v) is 17.2. The number of nitrogens with zero attached hydrogens (tertiary/aromatic N) is 1. The molecule has 9 heteroatoms. The molecule has 9 nitrogen and oxygen atoms in total. The van der Waals surface area contributed by atoms with Gasteiger partial charge in [0.15, 0.2) is 11.5 Å². The Morgan fingerprint density at radius 1 is 1.06 bits per heavy atom. The van der Waals surface area contributed by atoms with E-state index in [0.717, 1.165) is 0 Å². The average Bonchev–Trinajstić information content (AvgIpc) is 3.37. The molecular weight excluding hydrogens is 402 g/mol. The molecular formula is C22H23N3O6. The van der Waals surface area contributed by atoms with Crippen molar-refractivity contribution in [2.45, 2.75) is 26.4 Å². The minimum absolute atomic E-state index is 0.0327. The smallest absolute Gasteiger partial charge is 0.269 e. The fourth-order valence-electron chi connectivity index (χ4n) is 3.44. The van der Waals surface area contributed by atoms with E-state index < -0.39 is 17.7 Å². The summed E-state index contributed by atoms with van der Waals surface area (Å²) < 4.78 is 16.2. The van der Waals surface area contributed by atoms with Crippen molar-refractivity contribution >= 4 is 23.4 Å². The second-order valence-electron chi connectivity index (χ2n) is 7.58. The summed E-state index contributed by atoms with van der Waals surface area (Å²) >= 11 is 0. The second kappa shape index (κ2) is 8.55. The molecule has 0 spiro atoms. The van der Waals surface area contributed by atoms with Gasteiger partial charge in [-0.15, -0.1) is 0 Å². The number of nitrogens with one attached hydrogen (secondary N) is 2. The van der Waals surface area contributed by atoms with Crippen molar-refractivity contribution in [3.63, 3.8) is 0 Å². The van der Waals surface area contributed by atoms with Crippen LogP contribution in [-0.2, 0) is 9.59 Å². The van der Waals surface area contributed by atoms with Gasteiger partial charge in [0, 0.05) is 30.3 Å². The average molecular weight is 425 g/mol. The number of benzene rings is 2. The van der Waals surface area contributed by atoms with E-state index in [2.05, 4.69) is 10.9 Å². The number of anilines is 1. The first-order valence-corrected chi connectivity index (χ1v) is 9.97. The quantitative estimate of drug-likeness (QED) is 0.710. The fraction of sp³-hybridized carbons (Fsp3) is 0.318. The zero-order valence-electron chi connectivity index (χ0n) is 17.2. The van der Waals surface area contributed by atoms with E-state index in [1.165, 1.54) is 4.90 Å². The van der Waals surface area contributed by atoms with Crippen molar-refractivity contribution in [2.24, 2.45) is 5.92 Å². The van der Waals surface area contributed by atoms with Gasteiger partial charge >= 0.3 is 0 Å². The number of hydrazine groups is 1. The van der Waals surface area contributed by atoms with E-state index in [-0.39, 0.29) is 31.8 Å². The summed E-state index contributed by atoms with van der Waals surface area (Å²) in [6.07, 6.45) is 0.0857. The summed E-state index contributed by atoms with van der Waals surface area (Å²) in [5.74, 6) is 0.201. The zero-order chi connectivity index (χ0) is 22.0. The van der Waals surface area contributed by atoms with Gasteiger partial charge in [-0.1, -0.05) is 0 Å². The molecule has 2 N–H and O–H groups in total. The van der Waals surface area contributed by atoms with Gasteiger partial charge in [-0.25, -0.2) is 0 Å². The summed E-state index contributed by atoms with van der Waals surface area (Å²) in [6, 6.07) is 11.8. The molecule has 2 aliphatic rings. The third-order valence-corrected chi connectivity index (χ3v) is 4.95. The number of rotatable bonds is 5. The van der Waals surface area contributed by atoms with Crippen LogP contribution < -0.4 is 30.0 Å². The predicted octanol–water partition coefficient (Wildman–Crippen LogP) is 2.02. The Labute approximate surface area is 179 Å². The van der Waals surface area contributed by atoms with Crippen molar-refractivity contribution < 1.29 is 28.6 Å². The highest BCUT2D eigenvalue weighted by molar-refractivity contribution is 6.01. The highest BCUT2D eigenvalue weighted by Gasteiger charge is 2.36. The van der Waals surface area contributed by atoms with Crippen LogP contribution in [0.25, 0.3) is 0 Å². The molecule has 0 unspecified atom stereocenters. The number of hydrogen-bond acceptors (Lipinski definition) is 6. The van der Waals surface area contributed by atoms with Crippen LogP contribution in [0.5, 0.6) is 17.2 Å². The number of hydrogen-bond donors (Lipinski definition) is 2. The summed E-state index contributed by atoms with van der Waals surface area (Å²) in [5.41, 5.74) is 5.82. The first kappa shape index (κ1) is 20.5. The molecule has 2 aromatic carbocycles. The van der Waals surface area contributed by atoms with Crippen LogP contribution in [-0.4, -0.2) is 37.2 Å². The SMILES string of the molecule is CC(C)Oc1ccc(C(=O)NNC(=O)[C@@H]2CC(=O)N(c3ccc4c(c3)OCO4)C2)cc1.